The first-order valence-electron chi connectivity index (χ1n) is 10.2. The Labute approximate surface area is 179 Å². The van der Waals surface area contributed by atoms with E-state index in [4.69, 9.17) is 0 Å². The smallest absolute Gasteiger partial charge is 0.211 e. The first-order valence-corrected chi connectivity index (χ1v) is 12.1. The highest BCUT2D eigenvalue weighted by molar-refractivity contribution is 7.88. The van der Waals surface area contributed by atoms with Crippen molar-refractivity contribution < 1.29 is 8.42 Å². The fourth-order valence-electron chi connectivity index (χ4n) is 4.09. The van der Waals surface area contributed by atoms with Gasteiger partial charge >= 0.3 is 0 Å². The van der Waals surface area contributed by atoms with Crippen LogP contribution >= 0.6 is 0 Å². The fraction of sp³-hybridized carbons (Fsp3) is 0.409. The van der Waals surface area contributed by atoms with Crippen LogP contribution in [0.15, 0.2) is 36.5 Å². The molecule has 8 heteroatoms. The number of hydrogen-bond donors (Lipinski definition) is 1. The van der Waals surface area contributed by atoms with Crippen molar-refractivity contribution in [2.75, 3.05) is 55.2 Å². The van der Waals surface area contributed by atoms with Gasteiger partial charge in [0.25, 0.3) is 0 Å². The van der Waals surface area contributed by atoms with Crippen LogP contribution in [0.2, 0.25) is 0 Å². The van der Waals surface area contributed by atoms with E-state index in [2.05, 4.69) is 65.4 Å². The number of rotatable bonds is 5. The Morgan fingerprint density at radius 1 is 1.27 bits per heavy atom. The minimum atomic E-state index is -3.13. The average molecular weight is 428 g/mol. The number of nitrogens with zero attached hydrogens (tertiary/aromatic N) is 4. The molecule has 0 amide bonds. The summed E-state index contributed by atoms with van der Waals surface area (Å²) in [6.07, 6.45) is 6.84. The lowest BCUT2D eigenvalue weighted by atomic mass is 9.96. The van der Waals surface area contributed by atoms with Crippen molar-refractivity contribution in [2.24, 2.45) is 0 Å². The van der Waals surface area contributed by atoms with Crippen molar-refractivity contribution in [2.45, 2.75) is 19.8 Å². The third-order valence-electron chi connectivity index (χ3n) is 5.96. The van der Waals surface area contributed by atoms with Crippen LogP contribution < -0.4 is 15.1 Å². The number of anilines is 4. The molecule has 1 aromatic heterocycles. The molecule has 1 N–H and O–H groups in total. The Morgan fingerprint density at radius 2 is 2.07 bits per heavy atom. The van der Waals surface area contributed by atoms with Crippen molar-refractivity contribution in [3.05, 3.63) is 47.7 Å². The maximum Gasteiger partial charge on any atom is 0.211 e. The number of benzene rings is 1. The molecular formula is C22H29N5O2S. The molecule has 2 aliphatic heterocycles. The van der Waals surface area contributed by atoms with Gasteiger partial charge < -0.3 is 15.1 Å². The fourth-order valence-corrected chi connectivity index (χ4v) is 4.86. The Morgan fingerprint density at radius 3 is 2.73 bits per heavy atom. The van der Waals surface area contributed by atoms with E-state index in [0.717, 1.165) is 42.4 Å². The zero-order valence-electron chi connectivity index (χ0n) is 18.0. The lowest BCUT2D eigenvalue weighted by molar-refractivity contribution is 0.446. The molecule has 0 unspecified atom stereocenters. The van der Waals surface area contributed by atoms with Gasteiger partial charge in [0, 0.05) is 38.9 Å². The molecule has 0 aliphatic carbocycles. The van der Waals surface area contributed by atoms with Crippen LogP contribution in [0, 0.1) is 0 Å². The van der Waals surface area contributed by atoms with Crippen LogP contribution in [0.3, 0.4) is 0 Å². The Balaban J connectivity index is 1.60. The van der Waals surface area contributed by atoms with E-state index in [1.54, 1.807) is 0 Å². The van der Waals surface area contributed by atoms with E-state index >= 15 is 0 Å². The maximum atomic E-state index is 11.8. The third-order valence-corrected chi connectivity index (χ3v) is 7.23. The molecule has 30 heavy (non-hydrogen) atoms. The molecular weight excluding hydrogens is 398 g/mol. The van der Waals surface area contributed by atoms with Crippen molar-refractivity contribution in [1.82, 2.24) is 9.29 Å². The molecule has 2 aromatic rings. The van der Waals surface area contributed by atoms with Crippen LogP contribution in [-0.4, -0.2) is 57.8 Å². The molecule has 2 aliphatic rings. The quantitative estimate of drug-likeness (QED) is 0.790. The zero-order chi connectivity index (χ0) is 21.5. The number of aryl methyl sites for hydroxylation is 1. The molecule has 0 fully saturated rings. The molecule has 0 radical (unpaired) electrons. The highest BCUT2D eigenvalue weighted by Gasteiger charge is 2.22. The van der Waals surface area contributed by atoms with Gasteiger partial charge in [-0.25, -0.2) is 13.4 Å². The second-order valence-electron chi connectivity index (χ2n) is 7.95. The second kappa shape index (κ2) is 7.92. The monoisotopic (exact) mass is 427 g/mol. The molecule has 0 atom stereocenters. The first kappa shape index (κ1) is 20.7. The minimum Gasteiger partial charge on any atom is -0.365 e. The number of aromatic nitrogens is 1. The summed E-state index contributed by atoms with van der Waals surface area (Å²) < 4.78 is 25.0. The Kier molecular flexibility index (Phi) is 5.46. The van der Waals surface area contributed by atoms with Crippen molar-refractivity contribution in [3.63, 3.8) is 0 Å². The highest BCUT2D eigenvalue weighted by Crippen LogP contribution is 2.36. The number of pyridine rings is 1. The molecule has 0 bridgehead atoms. The molecule has 0 spiro atoms. The highest BCUT2D eigenvalue weighted by atomic mass is 32.2. The molecule has 0 saturated heterocycles. The van der Waals surface area contributed by atoms with Crippen LogP contribution in [0.1, 0.15) is 24.5 Å². The summed E-state index contributed by atoms with van der Waals surface area (Å²) in [5.41, 5.74) is 6.98. The van der Waals surface area contributed by atoms with Gasteiger partial charge in [-0.1, -0.05) is 19.1 Å². The molecule has 4 rings (SSSR count). The first-order chi connectivity index (χ1) is 14.3. The second-order valence-corrected chi connectivity index (χ2v) is 9.93. The van der Waals surface area contributed by atoms with E-state index in [0.29, 0.717) is 13.1 Å². The Hall–Kier alpha value is -2.58. The lowest BCUT2D eigenvalue weighted by Crippen LogP contribution is -2.33. The van der Waals surface area contributed by atoms with Gasteiger partial charge in [-0.05, 0) is 41.7 Å². The van der Waals surface area contributed by atoms with E-state index in [-0.39, 0.29) is 0 Å². The van der Waals surface area contributed by atoms with Gasteiger partial charge in [-0.3, -0.25) is 0 Å². The largest absolute Gasteiger partial charge is 0.365 e. The number of nitrogens with one attached hydrogen (secondary N) is 1. The molecule has 3 heterocycles. The van der Waals surface area contributed by atoms with Crippen LogP contribution in [0.5, 0.6) is 0 Å². The van der Waals surface area contributed by atoms with Gasteiger partial charge in [0.05, 0.1) is 30.5 Å². The number of fused-ring (bicyclic) bond motifs is 1. The van der Waals surface area contributed by atoms with E-state index in [9.17, 15) is 8.42 Å². The Bertz CT molecular complexity index is 1100. The molecule has 160 valence electrons. The lowest BCUT2D eigenvalue weighted by Gasteiger charge is -2.26. The summed E-state index contributed by atoms with van der Waals surface area (Å²) in [6.45, 7) is 3.93. The predicted molar refractivity (Wildman–Crippen MR) is 124 cm³/mol. The minimum absolute atomic E-state index is 0.442. The maximum absolute atomic E-state index is 11.8. The summed E-state index contributed by atoms with van der Waals surface area (Å²) in [7, 11) is 0.984. The molecule has 7 nitrogen and oxygen atoms in total. The van der Waals surface area contributed by atoms with Crippen LogP contribution in [-0.2, 0) is 16.4 Å². The standard InChI is InChI=1S/C22H29N5O2S/c1-5-16-12-18(17-8-10-27(11-9-17)30(4,28)29)6-7-20(16)26(3)22-13-21-19(14-23-22)24-15-25(21)2/h6-8,12-14,24H,5,9-11,15H2,1-4H3. The van der Waals surface area contributed by atoms with Gasteiger partial charge in [0.1, 0.15) is 5.82 Å². The topological polar surface area (TPSA) is 68.8 Å². The van der Waals surface area contributed by atoms with Crippen molar-refractivity contribution in [3.8, 4) is 0 Å². The third kappa shape index (κ3) is 3.89. The van der Waals surface area contributed by atoms with Gasteiger partial charge in [0.15, 0.2) is 0 Å². The molecule has 0 saturated carbocycles. The summed E-state index contributed by atoms with van der Waals surface area (Å²) in [5.74, 6) is 0.910. The summed E-state index contributed by atoms with van der Waals surface area (Å²) >= 11 is 0. The van der Waals surface area contributed by atoms with Gasteiger partial charge in [0.2, 0.25) is 10.0 Å². The van der Waals surface area contributed by atoms with Crippen LogP contribution in [0.4, 0.5) is 22.9 Å². The molecule has 1 aromatic carbocycles. The average Bonchev–Trinajstić information content (AvgIpc) is 3.12. The number of hydrogen-bond acceptors (Lipinski definition) is 6. The summed E-state index contributed by atoms with van der Waals surface area (Å²) in [4.78, 5) is 8.95. The van der Waals surface area contributed by atoms with Crippen molar-refractivity contribution in [1.29, 1.82) is 0 Å². The zero-order valence-corrected chi connectivity index (χ0v) is 18.8. The van der Waals surface area contributed by atoms with Crippen LogP contribution in [0.25, 0.3) is 5.57 Å². The number of sulfonamides is 1. The summed E-state index contributed by atoms with van der Waals surface area (Å²) in [5, 5.41) is 3.33. The summed E-state index contributed by atoms with van der Waals surface area (Å²) in [6, 6.07) is 8.63. The van der Waals surface area contributed by atoms with E-state index in [1.165, 1.54) is 27.3 Å². The normalized spacial score (nSPS) is 16.8. The van der Waals surface area contributed by atoms with Crippen molar-refractivity contribution >= 4 is 38.5 Å². The predicted octanol–water partition coefficient (Wildman–Crippen LogP) is 3.28. The van der Waals surface area contributed by atoms with E-state index < -0.39 is 10.0 Å². The van der Waals surface area contributed by atoms with E-state index in [1.807, 2.05) is 12.3 Å². The van der Waals surface area contributed by atoms with Gasteiger partial charge in [-0.15, -0.1) is 0 Å². The van der Waals surface area contributed by atoms with Gasteiger partial charge in [-0.2, -0.15) is 4.31 Å². The SMILES string of the molecule is CCc1cc(C2=CCN(S(C)(=O)=O)CC2)ccc1N(C)c1cc2c(cn1)NCN2C.